The third-order valence-corrected chi connectivity index (χ3v) is 4.37. The number of hydrogen-bond donors (Lipinski definition) is 1. The van der Waals surface area contributed by atoms with Crippen LogP contribution in [0.5, 0.6) is 0 Å². The van der Waals surface area contributed by atoms with Gasteiger partial charge in [0.2, 0.25) is 0 Å². The number of carbonyl (C=O) groups excluding carboxylic acids is 3. The molecule has 1 aliphatic heterocycles. The van der Waals surface area contributed by atoms with Gasteiger partial charge < -0.3 is 15.0 Å². The van der Waals surface area contributed by atoms with Crippen LogP contribution in [0.3, 0.4) is 0 Å². The topological polar surface area (TPSA) is 75.7 Å². The van der Waals surface area contributed by atoms with Crippen molar-refractivity contribution in [2.45, 2.75) is 25.9 Å². The maximum absolute atomic E-state index is 13.0. The van der Waals surface area contributed by atoms with Gasteiger partial charge in [-0.25, -0.2) is 0 Å². The van der Waals surface area contributed by atoms with Crippen LogP contribution in [-0.4, -0.2) is 42.4 Å². The fourth-order valence-electron chi connectivity index (χ4n) is 2.76. The molecule has 2 amide bonds. The van der Waals surface area contributed by atoms with Gasteiger partial charge in [0.25, 0.3) is 0 Å². The van der Waals surface area contributed by atoms with Gasteiger partial charge in [-0.05, 0) is 38.0 Å². The van der Waals surface area contributed by atoms with Crippen molar-refractivity contribution >= 4 is 35.1 Å². The molecule has 0 spiro atoms. The summed E-state index contributed by atoms with van der Waals surface area (Å²) in [5.41, 5.74) is -1.69. The van der Waals surface area contributed by atoms with Gasteiger partial charge in [0, 0.05) is 18.1 Å². The van der Waals surface area contributed by atoms with Crippen LogP contribution >= 0.6 is 11.6 Å². The van der Waals surface area contributed by atoms with Crippen LogP contribution in [0.1, 0.15) is 25.3 Å². The van der Waals surface area contributed by atoms with E-state index in [9.17, 15) is 27.6 Å². The number of nitrogens with zero attached hydrogens (tertiary/aromatic N) is 1. The van der Waals surface area contributed by atoms with Crippen molar-refractivity contribution < 1.29 is 32.3 Å². The van der Waals surface area contributed by atoms with Crippen molar-refractivity contribution in [2.24, 2.45) is 5.92 Å². The Morgan fingerprint density at radius 1 is 1.26 bits per heavy atom. The molecule has 0 aliphatic carbocycles. The SMILES string of the molecule is CCOC(=O)C1CCN(C(=O)C(=O)Nc2cc(Cl)ccc2C(F)(F)F)CC1. The lowest BCUT2D eigenvalue weighted by atomic mass is 9.97. The van der Waals surface area contributed by atoms with E-state index in [-0.39, 0.29) is 36.6 Å². The molecule has 1 aromatic carbocycles. The number of amides is 2. The van der Waals surface area contributed by atoms with E-state index < -0.39 is 29.2 Å². The van der Waals surface area contributed by atoms with Gasteiger partial charge in [0.1, 0.15) is 0 Å². The Bertz CT molecular complexity index is 731. The van der Waals surface area contributed by atoms with E-state index in [2.05, 4.69) is 0 Å². The molecule has 0 radical (unpaired) electrons. The number of halogens is 4. The Hall–Kier alpha value is -2.29. The molecular formula is C17H18ClF3N2O4. The molecule has 10 heteroatoms. The van der Waals surface area contributed by atoms with Crippen LogP contribution in [0, 0.1) is 5.92 Å². The van der Waals surface area contributed by atoms with Crippen molar-refractivity contribution in [3.05, 3.63) is 28.8 Å². The number of esters is 1. The largest absolute Gasteiger partial charge is 0.466 e. The molecule has 1 heterocycles. The predicted molar refractivity (Wildman–Crippen MR) is 91.0 cm³/mol. The quantitative estimate of drug-likeness (QED) is 0.618. The number of carbonyl (C=O) groups is 3. The van der Waals surface area contributed by atoms with Gasteiger partial charge in [-0.3, -0.25) is 14.4 Å². The van der Waals surface area contributed by atoms with Gasteiger partial charge in [0.05, 0.1) is 23.8 Å². The summed E-state index contributed by atoms with van der Waals surface area (Å²) in [6.07, 6.45) is -4.07. The molecule has 1 aliphatic rings. The van der Waals surface area contributed by atoms with Crippen LogP contribution < -0.4 is 5.32 Å². The first-order valence-corrected chi connectivity index (χ1v) is 8.65. The first kappa shape index (κ1) is 21.0. The first-order chi connectivity index (χ1) is 12.6. The second-order valence-corrected chi connectivity index (χ2v) is 6.40. The average Bonchev–Trinajstić information content (AvgIpc) is 2.60. The number of ether oxygens (including phenoxy) is 1. The highest BCUT2D eigenvalue weighted by molar-refractivity contribution is 6.40. The lowest BCUT2D eigenvalue weighted by Gasteiger charge is -2.30. The lowest BCUT2D eigenvalue weighted by Crippen LogP contribution is -2.45. The number of likely N-dealkylation sites (tertiary alicyclic amines) is 1. The van der Waals surface area contributed by atoms with Gasteiger partial charge in [-0.1, -0.05) is 11.6 Å². The zero-order chi connectivity index (χ0) is 20.2. The number of piperidine rings is 1. The van der Waals surface area contributed by atoms with Gasteiger partial charge >= 0.3 is 24.0 Å². The average molecular weight is 407 g/mol. The van der Waals surface area contributed by atoms with Gasteiger partial charge in [0.15, 0.2) is 0 Å². The predicted octanol–water partition coefficient (Wildman–Crippen LogP) is 3.10. The van der Waals surface area contributed by atoms with E-state index in [0.717, 1.165) is 18.2 Å². The van der Waals surface area contributed by atoms with E-state index in [1.54, 1.807) is 6.92 Å². The molecule has 1 fully saturated rings. The number of rotatable bonds is 3. The first-order valence-electron chi connectivity index (χ1n) is 8.27. The van der Waals surface area contributed by atoms with Gasteiger partial charge in [-0.2, -0.15) is 13.2 Å². The minimum absolute atomic E-state index is 0.0130. The van der Waals surface area contributed by atoms with E-state index in [1.807, 2.05) is 5.32 Å². The third-order valence-electron chi connectivity index (χ3n) is 4.13. The third kappa shape index (κ3) is 5.35. The zero-order valence-corrected chi connectivity index (χ0v) is 15.2. The minimum atomic E-state index is -4.71. The Labute approximate surface area is 158 Å². The molecule has 1 aromatic rings. The summed E-state index contributed by atoms with van der Waals surface area (Å²) in [4.78, 5) is 37.2. The number of hydrogen-bond acceptors (Lipinski definition) is 4. The second-order valence-electron chi connectivity index (χ2n) is 5.96. The van der Waals surface area contributed by atoms with E-state index in [1.165, 1.54) is 4.90 Å². The van der Waals surface area contributed by atoms with Crippen LogP contribution in [0.2, 0.25) is 5.02 Å². The number of alkyl halides is 3. The Morgan fingerprint density at radius 3 is 2.44 bits per heavy atom. The summed E-state index contributed by atoms with van der Waals surface area (Å²) in [6, 6.07) is 2.71. The lowest BCUT2D eigenvalue weighted by molar-refractivity contribution is -0.152. The van der Waals surface area contributed by atoms with Crippen LogP contribution in [0.4, 0.5) is 18.9 Å². The monoisotopic (exact) mass is 406 g/mol. The van der Waals surface area contributed by atoms with Crippen molar-refractivity contribution in [2.75, 3.05) is 25.0 Å². The fourth-order valence-corrected chi connectivity index (χ4v) is 2.94. The van der Waals surface area contributed by atoms with E-state index >= 15 is 0 Å². The van der Waals surface area contributed by atoms with Crippen molar-refractivity contribution in [3.63, 3.8) is 0 Å². The molecule has 1 N–H and O–H groups in total. The minimum Gasteiger partial charge on any atom is -0.466 e. The molecule has 148 valence electrons. The maximum Gasteiger partial charge on any atom is 0.418 e. The smallest absolute Gasteiger partial charge is 0.418 e. The standard InChI is InChI=1S/C17H18ClF3N2O4/c1-2-27-16(26)10-5-7-23(8-6-10)15(25)14(24)22-13-9-11(18)3-4-12(13)17(19,20)21/h3-4,9-10H,2,5-8H2,1H3,(H,22,24). The molecule has 0 aromatic heterocycles. The van der Waals surface area contributed by atoms with Crippen LogP contribution in [0.15, 0.2) is 18.2 Å². The highest BCUT2D eigenvalue weighted by atomic mass is 35.5. The highest BCUT2D eigenvalue weighted by Crippen LogP contribution is 2.36. The summed E-state index contributed by atoms with van der Waals surface area (Å²) in [6.45, 7) is 2.21. The Balaban J connectivity index is 2.02. The molecule has 6 nitrogen and oxygen atoms in total. The normalized spacial score (nSPS) is 15.4. The summed E-state index contributed by atoms with van der Waals surface area (Å²) < 4.78 is 44.0. The molecular weight excluding hydrogens is 389 g/mol. The van der Waals surface area contributed by atoms with E-state index in [0.29, 0.717) is 12.8 Å². The van der Waals surface area contributed by atoms with Gasteiger partial charge in [-0.15, -0.1) is 0 Å². The van der Waals surface area contributed by atoms with E-state index in [4.69, 9.17) is 16.3 Å². The molecule has 0 atom stereocenters. The zero-order valence-electron chi connectivity index (χ0n) is 14.4. The summed E-state index contributed by atoms with van der Waals surface area (Å²) >= 11 is 5.69. The summed E-state index contributed by atoms with van der Waals surface area (Å²) in [7, 11) is 0. The Morgan fingerprint density at radius 2 is 1.89 bits per heavy atom. The number of nitrogens with one attached hydrogen (secondary N) is 1. The van der Waals surface area contributed by atoms with Crippen LogP contribution in [-0.2, 0) is 25.3 Å². The molecule has 2 rings (SSSR count). The van der Waals surface area contributed by atoms with Crippen molar-refractivity contribution in [3.8, 4) is 0 Å². The fraction of sp³-hybridized carbons (Fsp3) is 0.471. The van der Waals surface area contributed by atoms with Crippen LogP contribution in [0.25, 0.3) is 0 Å². The second kappa shape index (κ2) is 8.60. The summed E-state index contributed by atoms with van der Waals surface area (Å²) in [5.74, 6) is -2.88. The number of benzene rings is 1. The Kier molecular flexibility index (Phi) is 6.69. The molecule has 27 heavy (non-hydrogen) atoms. The van der Waals surface area contributed by atoms with Crippen molar-refractivity contribution in [1.82, 2.24) is 4.90 Å². The molecule has 0 saturated carbocycles. The maximum atomic E-state index is 13.0. The van der Waals surface area contributed by atoms with Crippen molar-refractivity contribution in [1.29, 1.82) is 0 Å². The molecule has 0 unspecified atom stereocenters. The highest BCUT2D eigenvalue weighted by Gasteiger charge is 2.35. The number of anilines is 1. The summed E-state index contributed by atoms with van der Waals surface area (Å²) in [5, 5.41) is 1.97. The molecule has 1 saturated heterocycles. The molecule has 0 bridgehead atoms.